The molecular formula is C17H21NO4. The average molecular weight is 303 g/mol. The Labute approximate surface area is 131 Å². The summed E-state index contributed by atoms with van der Waals surface area (Å²) in [4.78, 5) is 12.0. The van der Waals surface area contributed by atoms with Gasteiger partial charge in [0.05, 0.1) is 27.9 Å². The molecule has 5 nitrogen and oxygen atoms in total. The molecule has 118 valence electrons. The fraction of sp³-hybridized carbons (Fsp3) is 0.353. The standard InChI is InChI=1S/C17H21NO4/c1-7-8-18-17(19)12(3)11(2)13-9-14(20-4)16(22-6)15(10-13)21-5/h1,9-10H,8H2,2-6H3,(H,18,19)/b12-11+. The zero-order valence-corrected chi connectivity index (χ0v) is 13.6. The maximum Gasteiger partial charge on any atom is 0.247 e. The zero-order chi connectivity index (χ0) is 16.7. The number of terminal acetylenes is 1. The lowest BCUT2D eigenvalue weighted by Gasteiger charge is -2.15. The van der Waals surface area contributed by atoms with Gasteiger partial charge in [0.2, 0.25) is 11.7 Å². The van der Waals surface area contributed by atoms with E-state index in [1.54, 1.807) is 40.4 Å². The zero-order valence-electron chi connectivity index (χ0n) is 13.6. The Balaban J connectivity index is 3.31. The number of ether oxygens (including phenoxy) is 3. The summed E-state index contributed by atoms with van der Waals surface area (Å²) in [6, 6.07) is 3.60. The predicted octanol–water partition coefficient (Wildman–Crippen LogP) is 2.26. The number of amides is 1. The van der Waals surface area contributed by atoms with Crippen molar-refractivity contribution in [2.75, 3.05) is 27.9 Å². The van der Waals surface area contributed by atoms with Crippen LogP contribution in [0.2, 0.25) is 0 Å². The van der Waals surface area contributed by atoms with Crippen LogP contribution in [0.4, 0.5) is 0 Å². The highest BCUT2D eigenvalue weighted by molar-refractivity contribution is 6.00. The Kier molecular flexibility index (Phi) is 6.33. The highest BCUT2D eigenvalue weighted by Gasteiger charge is 2.16. The number of benzene rings is 1. The molecule has 0 bridgehead atoms. The lowest BCUT2D eigenvalue weighted by molar-refractivity contribution is -0.117. The Hall–Kier alpha value is -2.61. The molecule has 1 aromatic carbocycles. The van der Waals surface area contributed by atoms with Gasteiger partial charge in [-0.15, -0.1) is 6.42 Å². The summed E-state index contributed by atoms with van der Waals surface area (Å²) in [6.45, 7) is 3.79. The minimum Gasteiger partial charge on any atom is -0.493 e. The molecule has 22 heavy (non-hydrogen) atoms. The lowest BCUT2D eigenvalue weighted by atomic mass is 10.0. The number of nitrogens with one attached hydrogen (secondary N) is 1. The third-order valence-corrected chi connectivity index (χ3v) is 3.35. The van der Waals surface area contributed by atoms with Crippen molar-refractivity contribution in [2.45, 2.75) is 13.8 Å². The van der Waals surface area contributed by atoms with Crippen LogP contribution in [0, 0.1) is 12.3 Å². The summed E-state index contributed by atoms with van der Waals surface area (Å²) < 4.78 is 15.9. The predicted molar refractivity (Wildman–Crippen MR) is 86.2 cm³/mol. The van der Waals surface area contributed by atoms with Gasteiger partial charge in [-0.25, -0.2) is 0 Å². The monoisotopic (exact) mass is 303 g/mol. The average Bonchev–Trinajstić information content (AvgIpc) is 2.56. The van der Waals surface area contributed by atoms with Crippen molar-refractivity contribution in [3.63, 3.8) is 0 Å². The Morgan fingerprint density at radius 2 is 1.68 bits per heavy atom. The molecule has 1 rings (SSSR count). The van der Waals surface area contributed by atoms with Gasteiger partial charge in [0.15, 0.2) is 11.5 Å². The van der Waals surface area contributed by atoms with Gasteiger partial charge in [-0.2, -0.15) is 0 Å². The topological polar surface area (TPSA) is 56.8 Å². The Morgan fingerprint density at radius 1 is 1.14 bits per heavy atom. The molecule has 0 aliphatic carbocycles. The van der Waals surface area contributed by atoms with E-state index >= 15 is 0 Å². The van der Waals surface area contributed by atoms with Crippen LogP contribution in [0.1, 0.15) is 19.4 Å². The minimum absolute atomic E-state index is 0.193. The quantitative estimate of drug-likeness (QED) is 0.647. The molecule has 0 radical (unpaired) electrons. The molecule has 0 aliphatic rings. The van der Waals surface area contributed by atoms with Gasteiger partial charge < -0.3 is 19.5 Å². The van der Waals surface area contributed by atoms with Gasteiger partial charge >= 0.3 is 0 Å². The maximum atomic E-state index is 12.0. The molecule has 0 aromatic heterocycles. The van der Waals surface area contributed by atoms with E-state index in [1.165, 1.54) is 0 Å². The first kappa shape index (κ1) is 17.4. The van der Waals surface area contributed by atoms with Crippen LogP contribution >= 0.6 is 0 Å². The van der Waals surface area contributed by atoms with E-state index in [0.717, 1.165) is 11.1 Å². The summed E-state index contributed by atoms with van der Waals surface area (Å²) in [5.41, 5.74) is 2.18. The molecular weight excluding hydrogens is 282 g/mol. The van der Waals surface area contributed by atoms with Crippen LogP contribution in [0.25, 0.3) is 5.57 Å². The fourth-order valence-corrected chi connectivity index (χ4v) is 1.95. The Bertz CT molecular complexity index is 601. The van der Waals surface area contributed by atoms with Crippen LogP contribution in [0.3, 0.4) is 0 Å². The molecule has 0 saturated carbocycles. The van der Waals surface area contributed by atoms with E-state index < -0.39 is 0 Å². The largest absolute Gasteiger partial charge is 0.493 e. The first-order valence-corrected chi connectivity index (χ1v) is 6.69. The molecule has 1 aromatic rings. The summed E-state index contributed by atoms with van der Waals surface area (Å²) in [5.74, 6) is 3.75. The molecule has 0 heterocycles. The first-order chi connectivity index (χ1) is 10.5. The van der Waals surface area contributed by atoms with Gasteiger partial charge in [-0.1, -0.05) is 5.92 Å². The number of carbonyl (C=O) groups is 1. The Morgan fingerprint density at radius 3 is 2.09 bits per heavy atom. The van der Waals surface area contributed by atoms with Crippen molar-refractivity contribution in [1.29, 1.82) is 0 Å². The van der Waals surface area contributed by atoms with E-state index in [-0.39, 0.29) is 12.5 Å². The SMILES string of the molecule is C#CCNC(=O)/C(C)=C(\C)c1cc(OC)c(OC)c(OC)c1. The van der Waals surface area contributed by atoms with Gasteiger partial charge in [-0.3, -0.25) is 4.79 Å². The van der Waals surface area contributed by atoms with Crippen molar-refractivity contribution in [2.24, 2.45) is 0 Å². The molecule has 1 N–H and O–H groups in total. The molecule has 0 spiro atoms. The van der Waals surface area contributed by atoms with Crippen LogP contribution in [0.5, 0.6) is 17.2 Å². The third-order valence-electron chi connectivity index (χ3n) is 3.35. The highest BCUT2D eigenvalue weighted by Crippen LogP contribution is 2.40. The number of carbonyl (C=O) groups excluding carboxylic acids is 1. The first-order valence-electron chi connectivity index (χ1n) is 6.69. The number of methoxy groups -OCH3 is 3. The molecule has 0 saturated heterocycles. The highest BCUT2D eigenvalue weighted by atomic mass is 16.5. The molecule has 0 fully saturated rings. The van der Waals surface area contributed by atoms with Crippen LogP contribution < -0.4 is 19.5 Å². The second-order valence-electron chi connectivity index (χ2n) is 4.55. The van der Waals surface area contributed by atoms with Gasteiger partial charge in [-0.05, 0) is 37.1 Å². The van der Waals surface area contributed by atoms with E-state index in [1.807, 2.05) is 6.92 Å². The van der Waals surface area contributed by atoms with E-state index in [0.29, 0.717) is 22.8 Å². The lowest BCUT2D eigenvalue weighted by Crippen LogP contribution is -2.24. The minimum atomic E-state index is -0.204. The van der Waals surface area contributed by atoms with Gasteiger partial charge in [0, 0.05) is 5.57 Å². The normalized spacial score (nSPS) is 11.1. The number of allylic oxidation sites excluding steroid dienone is 1. The van der Waals surface area contributed by atoms with Crippen molar-refractivity contribution < 1.29 is 19.0 Å². The van der Waals surface area contributed by atoms with Crippen molar-refractivity contribution in [1.82, 2.24) is 5.32 Å². The van der Waals surface area contributed by atoms with E-state index in [2.05, 4.69) is 11.2 Å². The second kappa shape index (κ2) is 7.99. The van der Waals surface area contributed by atoms with Crippen molar-refractivity contribution in [3.05, 3.63) is 23.3 Å². The van der Waals surface area contributed by atoms with Crippen LogP contribution in [-0.4, -0.2) is 33.8 Å². The van der Waals surface area contributed by atoms with Crippen molar-refractivity contribution >= 4 is 11.5 Å². The molecule has 0 aliphatic heterocycles. The summed E-state index contributed by atoms with van der Waals surface area (Å²) in [6.07, 6.45) is 5.14. The molecule has 5 heteroatoms. The third kappa shape index (κ3) is 3.73. The number of rotatable bonds is 6. The van der Waals surface area contributed by atoms with Crippen molar-refractivity contribution in [3.8, 4) is 29.6 Å². The molecule has 0 unspecified atom stereocenters. The number of hydrogen-bond donors (Lipinski definition) is 1. The van der Waals surface area contributed by atoms with Crippen LogP contribution in [-0.2, 0) is 4.79 Å². The van der Waals surface area contributed by atoms with Gasteiger partial charge in [0.25, 0.3) is 0 Å². The summed E-state index contributed by atoms with van der Waals surface area (Å²) >= 11 is 0. The molecule has 1 amide bonds. The fourth-order valence-electron chi connectivity index (χ4n) is 1.95. The summed E-state index contributed by atoms with van der Waals surface area (Å²) in [7, 11) is 4.64. The van der Waals surface area contributed by atoms with Crippen LogP contribution in [0.15, 0.2) is 17.7 Å². The molecule has 0 atom stereocenters. The number of hydrogen-bond acceptors (Lipinski definition) is 4. The van der Waals surface area contributed by atoms with Gasteiger partial charge in [0.1, 0.15) is 0 Å². The smallest absolute Gasteiger partial charge is 0.247 e. The van der Waals surface area contributed by atoms with E-state index in [9.17, 15) is 4.79 Å². The second-order valence-corrected chi connectivity index (χ2v) is 4.55. The summed E-state index contributed by atoms with van der Waals surface area (Å²) in [5, 5.41) is 2.64. The maximum absolute atomic E-state index is 12.0. The van der Waals surface area contributed by atoms with E-state index in [4.69, 9.17) is 20.6 Å².